The van der Waals surface area contributed by atoms with E-state index in [9.17, 15) is 4.79 Å². The van der Waals surface area contributed by atoms with Gasteiger partial charge in [-0.3, -0.25) is 4.79 Å². The van der Waals surface area contributed by atoms with Gasteiger partial charge in [-0.2, -0.15) is 0 Å². The molecule has 0 bridgehead atoms. The highest BCUT2D eigenvalue weighted by atomic mass is 16.5. The number of aryl methyl sites for hydroxylation is 2. The van der Waals surface area contributed by atoms with Gasteiger partial charge < -0.3 is 14.2 Å². The number of nitrogens with zero attached hydrogens (tertiary/aromatic N) is 4. The van der Waals surface area contributed by atoms with Crippen molar-refractivity contribution in [3.63, 3.8) is 0 Å². The number of para-hydroxylation sites is 1. The Morgan fingerprint density at radius 1 is 1.25 bits per heavy atom. The fourth-order valence-corrected chi connectivity index (χ4v) is 3.92. The third-order valence-corrected chi connectivity index (χ3v) is 5.40. The zero-order valence-electron chi connectivity index (χ0n) is 16.5. The monoisotopic (exact) mass is 378 g/mol. The van der Waals surface area contributed by atoms with Gasteiger partial charge >= 0.3 is 6.01 Å². The predicted octanol–water partition coefficient (Wildman–Crippen LogP) is 3.14. The second kappa shape index (κ2) is 8.00. The highest BCUT2D eigenvalue weighted by molar-refractivity contribution is 5.89. The van der Waals surface area contributed by atoms with Crippen LogP contribution in [0, 0.1) is 12.8 Å². The third kappa shape index (κ3) is 4.01. The lowest BCUT2D eigenvalue weighted by Gasteiger charge is -2.32. The zero-order chi connectivity index (χ0) is 19.5. The molecule has 1 atom stereocenters. The van der Waals surface area contributed by atoms with Crippen LogP contribution in [0.15, 0.2) is 42.9 Å². The average molecular weight is 378 g/mol. The molecule has 146 valence electrons. The van der Waals surface area contributed by atoms with E-state index in [1.54, 1.807) is 12.4 Å². The minimum Gasteiger partial charge on any atom is -0.463 e. The van der Waals surface area contributed by atoms with Crippen LogP contribution in [0.3, 0.4) is 0 Å². The molecule has 4 rings (SSSR count). The van der Waals surface area contributed by atoms with Crippen LogP contribution in [0.25, 0.3) is 10.9 Å². The van der Waals surface area contributed by atoms with Crippen LogP contribution < -0.4 is 4.74 Å². The number of amides is 1. The van der Waals surface area contributed by atoms with Gasteiger partial charge in [0.05, 0.1) is 13.0 Å². The molecule has 28 heavy (non-hydrogen) atoms. The Labute approximate surface area is 165 Å². The number of aromatic nitrogens is 3. The number of carbonyl (C=O) groups is 1. The van der Waals surface area contributed by atoms with E-state index in [1.165, 1.54) is 0 Å². The molecule has 0 saturated carbocycles. The molecule has 6 heteroatoms. The first kappa shape index (κ1) is 18.5. The lowest BCUT2D eigenvalue weighted by atomic mass is 9.98. The van der Waals surface area contributed by atoms with Crippen molar-refractivity contribution in [2.75, 3.05) is 19.7 Å². The van der Waals surface area contributed by atoms with E-state index in [-0.39, 0.29) is 5.91 Å². The highest BCUT2D eigenvalue weighted by Gasteiger charge is 2.25. The van der Waals surface area contributed by atoms with Crippen LogP contribution >= 0.6 is 0 Å². The molecule has 0 N–H and O–H groups in total. The maximum absolute atomic E-state index is 12.9. The van der Waals surface area contributed by atoms with E-state index in [1.807, 2.05) is 31.0 Å². The van der Waals surface area contributed by atoms with Crippen molar-refractivity contribution in [1.29, 1.82) is 0 Å². The normalized spacial score (nSPS) is 17.1. The fraction of sp³-hybridized carbons (Fsp3) is 0.409. The second-order valence-electron chi connectivity index (χ2n) is 7.66. The maximum atomic E-state index is 12.9. The lowest BCUT2D eigenvalue weighted by Crippen LogP contribution is -2.42. The van der Waals surface area contributed by atoms with Crippen molar-refractivity contribution >= 4 is 16.8 Å². The van der Waals surface area contributed by atoms with E-state index in [0.717, 1.165) is 48.0 Å². The number of carbonyl (C=O) groups excluding carboxylic acids is 1. The molecule has 0 aliphatic carbocycles. The Morgan fingerprint density at radius 2 is 2.04 bits per heavy atom. The summed E-state index contributed by atoms with van der Waals surface area (Å²) in [4.78, 5) is 23.3. The number of benzene rings is 1. The predicted molar refractivity (Wildman–Crippen MR) is 108 cm³/mol. The molecule has 1 unspecified atom stereocenters. The summed E-state index contributed by atoms with van der Waals surface area (Å²) in [6.07, 6.45) is 8.08. The minimum absolute atomic E-state index is 0.188. The van der Waals surface area contributed by atoms with Gasteiger partial charge in [0, 0.05) is 55.5 Å². The van der Waals surface area contributed by atoms with E-state index in [0.29, 0.717) is 25.0 Å². The Kier molecular flexibility index (Phi) is 5.28. The molecule has 1 amide bonds. The fourth-order valence-electron chi connectivity index (χ4n) is 3.92. The van der Waals surface area contributed by atoms with Crippen molar-refractivity contribution in [2.24, 2.45) is 13.0 Å². The Hall–Kier alpha value is -2.89. The highest BCUT2D eigenvalue weighted by Crippen LogP contribution is 2.23. The molecule has 0 radical (unpaired) electrons. The quantitative estimate of drug-likeness (QED) is 0.684. The maximum Gasteiger partial charge on any atom is 0.316 e. The van der Waals surface area contributed by atoms with Crippen molar-refractivity contribution in [2.45, 2.75) is 26.2 Å². The van der Waals surface area contributed by atoms with Crippen LogP contribution in [0.4, 0.5) is 0 Å². The summed E-state index contributed by atoms with van der Waals surface area (Å²) in [5.74, 6) is 0.503. The van der Waals surface area contributed by atoms with Crippen molar-refractivity contribution < 1.29 is 9.53 Å². The van der Waals surface area contributed by atoms with Crippen molar-refractivity contribution in [3.8, 4) is 6.01 Å². The standard InChI is InChI=1S/C22H26N4O2/c1-16-11-23-22(24-12-16)28-15-17-6-5-9-26(13-17)21(27)10-18-14-25(2)20-8-4-3-7-19(18)20/h3-4,7-8,11-12,14,17H,5-6,9-10,13,15H2,1-2H3. The summed E-state index contributed by atoms with van der Waals surface area (Å²) in [6, 6.07) is 8.64. The summed E-state index contributed by atoms with van der Waals surface area (Å²) in [5, 5.41) is 1.16. The van der Waals surface area contributed by atoms with E-state index in [4.69, 9.17) is 4.74 Å². The average Bonchev–Trinajstić information content (AvgIpc) is 3.03. The van der Waals surface area contributed by atoms with Crippen molar-refractivity contribution in [1.82, 2.24) is 19.4 Å². The SMILES string of the molecule is Cc1cnc(OCC2CCCN(C(=O)Cc3cn(C)c4ccccc34)C2)nc1. The largest absolute Gasteiger partial charge is 0.463 e. The molecular formula is C22H26N4O2. The molecule has 1 aliphatic heterocycles. The van der Waals surface area contributed by atoms with E-state index in [2.05, 4.69) is 32.9 Å². The van der Waals surface area contributed by atoms with Crippen LogP contribution in [-0.4, -0.2) is 45.0 Å². The zero-order valence-corrected chi connectivity index (χ0v) is 16.5. The number of rotatable bonds is 5. The van der Waals surface area contributed by atoms with Gasteiger partial charge in [-0.25, -0.2) is 9.97 Å². The number of ether oxygens (including phenoxy) is 1. The van der Waals surface area contributed by atoms with Crippen LogP contribution in [-0.2, 0) is 18.3 Å². The van der Waals surface area contributed by atoms with Crippen molar-refractivity contribution in [3.05, 3.63) is 54.0 Å². The molecule has 1 aromatic carbocycles. The molecule has 1 fully saturated rings. The Balaban J connectivity index is 1.37. The number of fused-ring (bicyclic) bond motifs is 1. The summed E-state index contributed by atoms with van der Waals surface area (Å²) < 4.78 is 7.83. The molecule has 6 nitrogen and oxygen atoms in total. The van der Waals surface area contributed by atoms with Crippen LogP contribution in [0.1, 0.15) is 24.0 Å². The smallest absolute Gasteiger partial charge is 0.316 e. The van der Waals surface area contributed by atoms with Crippen LogP contribution in [0.5, 0.6) is 6.01 Å². The third-order valence-electron chi connectivity index (χ3n) is 5.40. The molecule has 2 aromatic heterocycles. The molecule has 1 aliphatic rings. The van der Waals surface area contributed by atoms with E-state index < -0.39 is 0 Å². The Morgan fingerprint density at radius 3 is 2.86 bits per heavy atom. The first-order chi connectivity index (χ1) is 13.6. The Bertz CT molecular complexity index is 964. The van der Waals surface area contributed by atoms with Gasteiger partial charge in [0.2, 0.25) is 5.91 Å². The first-order valence-electron chi connectivity index (χ1n) is 9.82. The van der Waals surface area contributed by atoms with E-state index >= 15 is 0 Å². The summed E-state index contributed by atoms with van der Waals surface area (Å²) in [7, 11) is 2.03. The van der Waals surface area contributed by atoms with Crippen LogP contribution in [0.2, 0.25) is 0 Å². The molecule has 3 aromatic rings. The molecule has 3 heterocycles. The second-order valence-corrected chi connectivity index (χ2v) is 7.66. The minimum atomic E-state index is 0.188. The van der Waals surface area contributed by atoms with Gasteiger partial charge in [0.25, 0.3) is 0 Å². The first-order valence-corrected chi connectivity index (χ1v) is 9.82. The van der Waals surface area contributed by atoms with Gasteiger partial charge in [-0.15, -0.1) is 0 Å². The topological polar surface area (TPSA) is 60.2 Å². The molecule has 0 spiro atoms. The van der Waals surface area contributed by atoms with Gasteiger partial charge in [-0.05, 0) is 37.0 Å². The summed E-state index contributed by atoms with van der Waals surface area (Å²) in [6.45, 7) is 4.04. The summed E-state index contributed by atoms with van der Waals surface area (Å²) in [5.41, 5.74) is 3.26. The number of piperidine rings is 1. The summed E-state index contributed by atoms with van der Waals surface area (Å²) >= 11 is 0. The number of likely N-dealkylation sites (tertiary alicyclic amines) is 1. The lowest BCUT2D eigenvalue weighted by molar-refractivity contribution is -0.132. The van der Waals surface area contributed by atoms with Gasteiger partial charge in [0.1, 0.15) is 0 Å². The number of hydrogen-bond acceptors (Lipinski definition) is 4. The number of hydrogen-bond donors (Lipinski definition) is 0. The molecular weight excluding hydrogens is 352 g/mol. The van der Waals surface area contributed by atoms with Gasteiger partial charge in [-0.1, -0.05) is 18.2 Å². The molecule has 1 saturated heterocycles. The van der Waals surface area contributed by atoms with Gasteiger partial charge in [0.15, 0.2) is 0 Å².